The number of fused-ring (bicyclic) bond motifs is 1. The second-order valence-corrected chi connectivity index (χ2v) is 10.5. The molecular weight excluding hydrogens is 432 g/mol. The number of carbonyl (C=O) groups is 2. The molecule has 0 aliphatic carbocycles. The molecule has 2 saturated heterocycles. The topological polar surface area (TPSA) is 84.0 Å². The van der Waals surface area contributed by atoms with Crippen LogP contribution in [0, 0.1) is 0 Å². The fourth-order valence-electron chi connectivity index (χ4n) is 4.88. The zero-order valence-electron chi connectivity index (χ0n) is 20.3. The van der Waals surface area contributed by atoms with Gasteiger partial charge in [-0.1, -0.05) is 19.9 Å². The Morgan fingerprint density at radius 1 is 1.09 bits per heavy atom. The minimum atomic E-state index is -0.978. The van der Waals surface area contributed by atoms with Gasteiger partial charge in [0.15, 0.2) is 0 Å². The number of pyridine rings is 1. The molecule has 0 spiro atoms. The first kappa shape index (κ1) is 22.7. The molecule has 1 N–H and O–H groups in total. The highest BCUT2D eigenvalue weighted by molar-refractivity contribution is 6.23. The third kappa shape index (κ3) is 3.90. The van der Waals surface area contributed by atoms with E-state index in [0.29, 0.717) is 24.9 Å². The van der Waals surface area contributed by atoms with Crippen molar-refractivity contribution in [2.45, 2.75) is 64.1 Å². The minimum Gasteiger partial charge on any atom is -0.492 e. The van der Waals surface area contributed by atoms with Crippen molar-refractivity contribution in [1.29, 1.82) is 0 Å². The predicted molar refractivity (Wildman–Crippen MR) is 129 cm³/mol. The lowest BCUT2D eigenvalue weighted by atomic mass is 9.87. The third-order valence-electron chi connectivity index (χ3n) is 7.10. The summed E-state index contributed by atoms with van der Waals surface area (Å²) in [5.74, 6) is 1.26. The molecule has 8 heteroatoms. The van der Waals surface area contributed by atoms with Gasteiger partial charge in [-0.05, 0) is 50.5 Å². The summed E-state index contributed by atoms with van der Waals surface area (Å²) in [5, 5.41) is 3.47. The summed E-state index contributed by atoms with van der Waals surface area (Å²) < 4.78 is 11.3. The van der Waals surface area contributed by atoms with Crippen molar-refractivity contribution in [2.75, 3.05) is 30.0 Å². The van der Waals surface area contributed by atoms with Crippen LogP contribution in [0.5, 0.6) is 5.75 Å². The molecule has 3 aliphatic heterocycles. The average molecular weight is 465 g/mol. The molecule has 4 heterocycles. The number of benzene rings is 1. The Morgan fingerprint density at radius 2 is 1.85 bits per heavy atom. The van der Waals surface area contributed by atoms with E-state index in [-0.39, 0.29) is 17.4 Å². The summed E-state index contributed by atoms with van der Waals surface area (Å²) in [6.07, 6.45) is 3.62. The molecule has 2 aromatic rings. The van der Waals surface area contributed by atoms with Crippen LogP contribution in [0.4, 0.5) is 16.3 Å². The highest BCUT2D eigenvalue weighted by Crippen LogP contribution is 2.42. The molecule has 0 bridgehead atoms. The maximum Gasteiger partial charge on any atom is 0.332 e. The molecule has 1 aromatic carbocycles. The summed E-state index contributed by atoms with van der Waals surface area (Å²) in [5.41, 5.74) is 1.48. The lowest BCUT2D eigenvalue weighted by Gasteiger charge is -2.28. The standard InChI is InChI=1S/C26H32N4O4/c1-25(2)16-34-21-14-19(5-6-20(21)25)30-23(31)26(3,4)29(24(30)32)15-17-7-10-27-22(13-17)28-18-8-11-33-12-9-18/h5-7,10,13-14,18H,8-9,11-12,15-16H2,1-4H3,(H,27,28). The van der Waals surface area contributed by atoms with E-state index in [4.69, 9.17) is 9.47 Å². The first-order valence-electron chi connectivity index (χ1n) is 11.9. The van der Waals surface area contributed by atoms with E-state index in [0.717, 1.165) is 48.7 Å². The van der Waals surface area contributed by atoms with Crippen LogP contribution in [-0.2, 0) is 21.5 Å². The Balaban J connectivity index is 1.37. The van der Waals surface area contributed by atoms with Gasteiger partial charge in [0.25, 0.3) is 5.91 Å². The number of urea groups is 1. The second kappa shape index (κ2) is 8.27. The Kier molecular flexibility index (Phi) is 5.51. The summed E-state index contributed by atoms with van der Waals surface area (Å²) in [7, 11) is 0. The van der Waals surface area contributed by atoms with Crippen LogP contribution in [0.1, 0.15) is 51.7 Å². The van der Waals surface area contributed by atoms with E-state index < -0.39 is 5.54 Å². The zero-order valence-corrected chi connectivity index (χ0v) is 20.3. The maximum absolute atomic E-state index is 13.5. The van der Waals surface area contributed by atoms with Gasteiger partial charge in [0.1, 0.15) is 17.1 Å². The van der Waals surface area contributed by atoms with Crippen LogP contribution in [0.3, 0.4) is 0 Å². The van der Waals surface area contributed by atoms with E-state index in [2.05, 4.69) is 24.1 Å². The van der Waals surface area contributed by atoms with Crippen molar-refractivity contribution in [3.8, 4) is 5.75 Å². The van der Waals surface area contributed by atoms with Crippen LogP contribution in [0.2, 0.25) is 0 Å². The molecular formula is C26H32N4O4. The van der Waals surface area contributed by atoms with Crippen molar-refractivity contribution in [3.05, 3.63) is 47.7 Å². The fraction of sp³-hybridized carbons (Fsp3) is 0.500. The number of anilines is 2. The Hall–Kier alpha value is -3.13. The summed E-state index contributed by atoms with van der Waals surface area (Å²) in [6.45, 7) is 10.2. The van der Waals surface area contributed by atoms with Gasteiger partial charge in [0.05, 0.1) is 12.3 Å². The van der Waals surface area contributed by atoms with E-state index in [1.165, 1.54) is 4.90 Å². The van der Waals surface area contributed by atoms with E-state index in [1.807, 2.05) is 30.3 Å². The number of ether oxygens (including phenoxy) is 2. The number of nitrogens with zero attached hydrogens (tertiary/aromatic N) is 3. The van der Waals surface area contributed by atoms with E-state index >= 15 is 0 Å². The molecule has 2 fully saturated rings. The minimum absolute atomic E-state index is 0.0874. The smallest absolute Gasteiger partial charge is 0.332 e. The summed E-state index contributed by atoms with van der Waals surface area (Å²) in [4.78, 5) is 34.2. The highest BCUT2D eigenvalue weighted by Gasteiger charge is 2.52. The fourth-order valence-corrected chi connectivity index (χ4v) is 4.88. The molecule has 34 heavy (non-hydrogen) atoms. The summed E-state index contributed by atoms with van der Waals surface area (Å²) >= 11 is 0. The van der Waals surface area contributed by atoms with Crippen LogP contribution < -0.4 is 15.0 Å². The predicted octanol–water partition coefficient (Wildman–Crippen LogP) is 4.09. The number of rotatable bonds is 5. The molecule has 3 aliphatic rings. The van der Waals surface area contributed by atoms with Crippen molar-refractivity contribution >= 4 is 23.4 Å². The lowest BCUT2D eigenvalue weighted by Crippen LogP contribution is -2.43. The van der Waals surface area contributed by atoms with Crippen LogP contribution in [0.15, 0.2) is 36.5 Å². The van der Waals surface area contributed by atoms with Gasteiger partial charge in [0.2, 0.25) is 0 Å². The number of nitrogens with one attached hydrogen (secondary N) is 1. The Labute approximate surface area is 200 Å². The van der Waals surface area contributed by atoms with Crippen LogP contribution in [0.25, 0.3) is 0 Å². The zero-order chi connectivity index (χ0) is 24.1. The van der Waals surface area contributed by atoms with Gasteiger partial charge in [-0.3, -0.25) is 4.79 Å². The monoisotopic (exact) mass is 464 g/mol. The molecule has 3 amide bonds. The van der Waals surface area contributed by atoms with Crippen molar-refractivity contribution in [3.63, 3.8) is 0 Å². The average Bonchev–Trinajstić information content (AvgIpc) is 3.20. The number of imide groups is 1. The van der Waals surface area contributed by atoms with Crippen molar-refractivity contribution in [1.82, 2.24) is 9.88 Å². The number of amides is 3. The number of hydrogen-bond acceptors (Lipinski definition) is 6. The van der Waals surface area contributed by atoms with Gasteiger partial charge in [-0.15, -0.1) is 0 Å². The van der Waals surface area contributed by atoms with E-state index in [1.54, 1.807) is 24.9 Å². The quantitative estimate of drug-likeness (QED) is 0.671. The van der Waals surface area contributed by atoms with Gasteiger partial charge >= 0.3 is 6.03 Å². The largest absolute Gasteiger partial charge is 0.492 e. The highest BCUT2D eigenvalue weighted by atomic mass is 16.5. The molecule has 5 rings (SSSR count). The third-order valence-corrected chi connectivity index (χ3v) is 7.10. The van der Waals surface area contributed by atoms with Gasteiger partial charge in [-0.25, -0.2) is 14.7 Å². The molecule has 0 unspecified atom stereocenters. The van der Waals surface area contributed by atoms with Crippen molar-refractivity contribution < 1.29 is 19.1 Å². The number of aromatic nitrogens is 1. The summed E-state index contributed by atoms with van der Waals surface area (Å²) in [6, 6.07) is 9.45. The molecule has 1 aromatic heterocycles. The Bertz CT molecular complexity index is 1120. The van der Waals surface area contributed by atoms with Gasteiger partial charge in [-0.2, -0.15) is 0 Å². The SMILES string of the molecule is CC1(C)COc2cc(N3C(=O)N(Cc4ccnc(NC5CCOCC5)c4)C(C)(C)C3=O)ccc21. The number of carbonyl (C=O) groups excluding carboxylic acids is 2. The first-order chi connectivity index (χ1) is 16.2. The van der Waals surface area contributed by atoms with Crippen LogP contribution in [-0.4, -0.2) is 53.2 Å². The first-order valence-corrected chi connectivity index (χ1v) is 11.9. The normalized spacial score (nSPS) is 21.5. The Morgan fingerprint density at radius 3 is 2.62 bits per heavy atom. The lowest BCUT2D eigenvalue weighted by molar-refractivity contribution is -0.123. The number of hydrogen-bond donors (Lipinski definition) is 1. The maximum atomic E-state index is 13.5. The van der Waals surface area contributed by atoms with E-state index in [9.17, 15) is 9.59 Å². The molecule has 0 saturated carbocycles. The van der Waals surface area contributed by atoms with Gasteiger partial charge in [0, 0.05) is 49.0 Å². The molecule has 8 nitrogen and oxygen atoms in total. The molecule has 0 radical (unpaired) electrons. The molecule has 180 valence electrons. The van der Waals surface area contributed by atoms with Crippen molar-refractivity contribution in [2.24, 2.45) is 0 Å². The second-order valence-electron chi connectivity index (χ2n) is 10.5. The molecule has 0 atom stereocenters. The van der Waals surface area contributed by atoms with Crippen LogP contribution >= 0.6 is 0 Å². The van der Waals surface area contributed by atoms with Gasteiger partial charge < -0.3 is 19.7 Å².